The van der Waals surface area contributed by atoms with Crippen molar-refractivity contribution in [3.05, 3.63) is 45.9 Å². The molecular weight excluding hydrogens is 244 g/mol. The molecule has 0 unspecified atom stereocenters. The van der Waals surface area contributed by atoms with Crippen LogP contribution in [0.4, 0.5) is 0 Å². The summed E-state index contributed by atoms with van der Waals surface area (Å²) in [5, 5.41) is 5.56. The third-order valence-corrected chi connectivity index (χ3v) is 3.76. The number of ether oxygens (including phenoxy) is 1. The zero-order valence-corrected chi connectivity index (χ0v) is 11.0. The lowest BCUT2D eigenvalue weighted by Gasteiger charge is -2.05. The molecule has 3 rings (SSSR count). The monoisotopic (exact) mass is 260 g/mol. The van der Waals surface area contributed by atoms with Crippen LogP contribution >= 0.6 is 11.3 Å². The van der Waals surface area contributed by atoms with Crippen molar-refractivity contribution in [2.24, 2.45) is 0 Å². The van der Waals surface area contributed by atoms with E-state index in [2.05, 4.69) is 33.9 Å². The van der Waals surface area contributed by atoms with Gasteiger partial charge in [0.2, 0.25) is 0 Å². The highest BCUT2D eigenvalue weighted by molar-refractivity contribution is 7.07. The van der Waals surface area contributed by atoms with E-state index in [-0.39, 0.29) is 0 Å². The van der Waals surface area contributed by atoms with Crippen LogP contribution in [-0.4, -0.2) is 18.1 Å². The Balaban J connectivity index is 1.48. The minimum atomic E-state index is 0.829. The topological polar surface area (TPSA) is 34.2 Å². The number of nitrogens with zero attached hydrogens (tertiary/aromatic N) is 1. The Morgan fingerprint density at radius 2 is 2.39 bits per heavy atom. The molecule has 0 radical (unpaired) electrons. The average Bonchev–Trinajstić information content (AvgIpc) is 3.05. The molecule has 0 spiro atoms. The van der Waals surface area contributed by atoms with E-state index in [4.69, 9.17) is 4.74 Å². The summed E-state index contributed by atoms with van der Waals surface area (Å²) in [5.41, 5.74) is 5.73. The molecule has 0 aliphatic carbocycles. The van der Waals surface area contributed by atoms with E-state index >= 15 is 0 Å². The first kappa shape index (κ1) is 11.7. The second-order valence-electron chi connectivity index (χ2n) is 4.45. The van der Waals surface area contributed by atoms with Gasteiger partial charge in [0.05, 0.1) is 17.8 Å². The van der Waals surface area contributed by atoms with Gasteiger partial charge in [-0.15, -0.1) is 11.3 Å². The summed E-state index contributed by atoms with van der Waals surface area (Å²) >= 11 is 1.65. The molecule has 1 aromatic carbocycles. The molecule has 1 aliphatic rings. The number of nitrogens with one attached hydrogen (secondary N) is 1. The molecule has 0 saturated heterocycles. The number of benzene rings is 1. The first-order valence-corrected chi connectivity index (χ1v) is 7.18. The highest BCUT2D eigenvalue weighted by atomic mass is 32.1. The summed E-state index contributed by atoms with van der Waals surface area (Å²) in [6.07, 6.45) is 2.04. The fraction of sp³-hybridized carbons (Fsp3) is 0.357. The summed E-state index contributed by atoms with van der Waals surface area (Å²) in [6.45, 7) is 2.71. The molecule has 0 atom stereocenters. The largest absolute Gasteiger partial charge is 0.493 e. The standard InChI is InChI=1S/C14H16N2OS/c1-2-14-12(4-6-17-14)7-11(1)8-15-5-3-13-9-18-10-16-13/h1-2,7,9-10,15H,3-6,8H2. The molecule has 3 nitrogen and oxygen atoms in total. The van der Waals surface area contributed by atoms with Crippen LogP contribution in [-0.2, 0) is 19.4 Å². The highest BCUT2D eigenvalue weighted by Gasteiger charge is 2.11. The summed E-state index contributed by atoms with van der Waals surface area (Å²) in [5.74, 6) is 1.06. The van der Waals surface area contributed by atoms with Gasteiger partial charge in [0.1, 0.15) is 5.75 Å². The van der Waals surface area contributed by atoms with Gasteiger partial charge < -0.3 is 10.1 Å². The maximum absolute atomic E-state index is 5.50. The highest BCUT2D eigenvalue weighted by Crippen LogP contribution is 2.25. The van der Waals surface area contributed by atoms with Crippen molar-refractivity contribution in [3.8, 4) is 5.75 Å². The van der Waals surface area contributed by atoms with Gasteiger partial charge in [-0.2, -0.15) is 0 Å². The summed E-state index contributed by atoms with van der Waals surface area (Å²) in [6, 6.07) is 6.47. The maximum atomic E-state index is 5.50. The minimum Gasteiger partial charge on any atom is -0.493 e. The minimum absolute atomic E-state index is 0.829. The Labute approximate surface area is 111 Å². The normalized spacial score (nSPS) is 13.3. The second kappa shape index (κ2) is 5.50. The van der Waals surface area contributed by atoms with Gasteiger partial charge in [-0.3, -0.25) is 0 Å². The van der Waals surface area contributed by atoms with Crippen molar-refractivity contribution >= 4 is 11.3 Å². The first-order chi connectivity index (χ1) is 8.92. The number of thiazole rings is 1. The number of fused-ring (bicyclic) bond motifs is 1. The van der Waals surface area contributed by atoms with E-state index in [9.17, 15) is 0 Å². The van der Waals surface area contributed by atoms with E-state index < -0.39 is 0 Å². The zero-order valence-electron chi connectivity index (χ0n) is 10.2. The fourth-order valence-electron chi connectivity index (χ4n) is 2.16. The van der Waals surface area contributed by atoms with E-state index in [1.54, 1.807) is 11.3 Å². The van der Waals surface area contributed by atoms with Crippen LogP contribution in [0.15, 0.2) is 29.1 Å². The van der Waals surface area contributed by atoms with Crippen molar-refractivity contribution in [1.29, 1.82) is 0 Å². The van der Waals surface area contributed by atoms with E-state index in [0.29, 0.717) is 0 Å². The molecule has 0 saturated carbocycles. The van der Waals surface area contributed by atoms with Crippen LogP contribution in [0.3, 0.4) is 0 Å². The third-order valence-electron chi connectivity index (χ3n) is 3.12. The van der Waals surface area contributed by atoms with Crippen LogP contribution < -0.4 is 10.1 Å². The number of hydrogen-bond donors (Lipinski definition) is 1. The third kappa shape index (κ3) is 2.71. The van der Waals surface area contributed by atoms with Crippen molar-refractivity contribution < 1.29 is 4.74 Å². The lowest BCUT2D eigenvalue weighted by atomic mass is 10.1. The molecule has 94 valence electrons. The average molecular weight is 260 g/mol. The van der Waals surface area contributed by atoms with Gasteiger partial charge in [0, 0.05) is 31.3 Å². The second-order valence-corrected chi connectivity index (χ2v) is 5.17. The Morgan fingerprint density at radius 3 is 3.28 bits per heavy atom. The van der Waals surface area contributed by atoms with Crippen LogP contribution in [0.2, 0.25) is 0 Å². The van der Waals surface area contributed by atoms with E-state index in [1.807, 2.05) is 5.51 Å². The summed E-state index contributed by atoms with van der Waals surface area (Å²) in [7, 11) is 0. The fourth-order valence-corrected chi connectivity index (χ4v) is 2.75. The SMILES string of the molecule is c1nc(CCNCc2ccc3c(c2)CCO3)cs1. The molecule has 1 N–H and O–H groups in total. The van der Waals surface area contributed by atoms with Gasteiger partial charge in [0.25, 0.3) is 0 Å². The number of rotatable bonds is 5. The van der Waals surface area contributed by atoms with Gasteiger partial charge in [-0.1, -0.05) is 12.1 Å². The number of hydrogen-bond acceptors (Lipinski definition) is 4. The first-order valence-electron chi connectivity index (χ1n) is 6.24. The Morgan fingerprint density at radius 1 is 1.39 bits per heavy atom. The van der Waals surface area contributed by atoms with Gasteiger partial charge in [-0.05, 0) is 17.2 Å². The van der Waals surface area contributed by atoms with Crippen LogP contribution in [0.5, 0.6) is 5.75 Å². The van der Waals surface area contributed by atoms with Crippen molar-refractivity contribution in [3.63, 3.8) is 0 Å². The van der Waals surface area contributed by atoms with Gasteiger partial charge in [0.15, 0.2) is 0 Å². The van der Waals surface area contributed by atoms with Crippen molar-refractivity contribution in [2.75, 3.05) is 13.2 Å². The molecule has 18 heavy (non-hydrogen) atoms. The van der Waals surface area contributed by atoms with Gasteiger partial charge in [-0.25, -0.2) is 4.98 Å². The van der Waals surface area contributed by atoms with E-state index in [1.165, 1.54) is 16.8 Å². The quantitative estimate of drug-likeness (QED) is 0.838. The molecule has 1 aromatic heterocycles. The molecule has 1 aliphatic heterocycles. The lowest BCUT2D eigenvalue weighted by molar-refractivity contribution is 0.357. The smallest absolute Gasteiger partial charge is 0.122 e. The summed E-state index contributed by atoms with van der Waals surface area (Å²) < 4.78 is 5.50. The Kier molecular flexibility index (Phi) is 3.57. The summed E-state index contributed by atoms with van der Waals surface area (Å²) in [4.78, 5) is 4.27. The molecule has 0 bridgehead atoms. The molecule has 4 heteroatoms. The van der Waals surface area contributed by atoms with Crippen LogP contribution in [0.1, 0.15) is 16.8 Å². The molecule has 0 fully saturated rings. The zero-order chi connectivity index (χ0) is 12.2. The van der Waals surface area contributed by atoms with Crippen molar-refractivity contribution in [2.45, 2.75) is 19.4 Å². The molecule has 2 aromatic rings. The maximum Gasteiger partial charge on any atom is 0.122 e. The lowest BCUT2D eigenvalue weighted by Crippen LogP contribution is -2.16. The Bertz CT molecular complexity index is 511. The molecular formula is C14H16N2OS. The van der Waals surface area contributed by atoms with Crippen LogP contribution in [0, 0.1) is 0 Å². The molecule has 0 amide bonds. The number of aromatic nitrogens is 1. The van der Waals surface area contributed by atoms with Crippen molar-refractivity contribution in [1.82, 2.24) is 10.3 Å². The predicted octanol–water partition coefficient (Wildman–Crippen LogP) is 2.41. The Hall–Kier alpha value is -1.39. The molecule has 2 heterocycles. The van der Waals surface area contributed by atoms with Gasteiger partial charge >= 0.3 is 0 Å². The van der Waals surface area contributed by atoms with E-state index in [0.717, 1.165) is 38.3 Å². The van der Waals surface area contributed by atoms with Crippen LogP contribution in [0.25, 0.3) is 0 Å². The predicted molar refractivity (Wildman–Crippen MR) is 73.2 cm³/mol.